The Balaban J connectivity index is 1.60. The summed E-state index contributed by atoms with van der Waals surface area (Å²) < 4.78 is 9.96. The van der Waals surface area contributed by atoms with Gasteiger partial charge in [-0.15, -0.1) is 11.3 Å². The highest BCUT2D eigenvalue weighted by Gasteiger charge is 2.14. The molecule has 1 amide bonds. The zero-order valence-corrected chi connectivity index (χ0v) is 18.0. The summed E-state index contributed by atoms with van der Waals surface area (Å²) in [5, 5.41) is 5.68. The van der Waals surface area contributed by atoms with Crippen molar-refractivity contribution in [2.45, 2.75) is 26.3 Å². The molecule has 3 rings (SSSR count). The summed E-state index contributed by atoms with van der Waals surface area (Å²) in [6.07, 6.45) is 1.20. The molecule has 1 N–H and O–H groups in total. The van der Waals surface area contributed by atoms with Crippen LogP contribution in [0.15, 0.2) is 47.8 Å². The van der Waals surface area contributed by atoms with Crippen LogP contribution in [0.3, 0.4) is 0 Å². The summed E-state index contributed by atoms with van der Waals surface area (Å²) in [5.74, 6) is -0.190. The molecule has 0 bridgehead atoms. The summed E-state index contributed by atoms with van der Waals surface area (Å²) in [4.78, 5) is 28.8. The van der Waals surface area contributed by atoms with Crippen LogP contribution in [0, 0.1) is 0 Å². The van der Waals surface area contributed by atoms with Crippen molar-refractivity contribution in [2.75, 3.05) is 14.2 Å². The van der Waals surface area contributed by atoms with Gasteiger partial charge < -0.3 is 14.8 Å². The number of nitrogens with one attached hydrogen (secondary N) is 1. The number of amides is 1. The minimum absolute atomic E-state index is 0.136. The predicted octanol–water partition coefficient (Wildman–Crippen LogP) is 4.03. The van der Waals surface area contributed by atoms with Crippen LogP contribution in [-0.4, -0.2) is 31.1 Å². The normalized spacial score (nSPS) is 10.5. The molecule has 7 heteroatoms. The maximum atomic E-state index is 12.4. The van der Waals surface area contributed by atoms with E-state index in [9.17, 15) is 9.59 Å². The zero-order chi connectivity index (χ0) is 21.5. The van der Waals surface area contributed by atoms with Gasteiger partial charge in [-0.2, -0.15) is 0 Å². The van der Waals surface area contributed by atoms with Gasteiger partial charge in [-0.25, -0.2) is 9.78 Å². The molecule has 0 aliphatic rings. The highest BCUT2D eigenvalue weighted by molar-refractivity contribution is 7.13. The molecule has 1 heterocycles. The van der Waals surface area contributed by atoms with Gasteiger partial charge in [0.25, 0.3) is 0 Å². The van der Waals surface area contributed by atoms with Crippen molar-refractivity contribution in [3.63, 3.8) is 0 Å². The topological polar surface area (TPSA) is 77.5 Å². The molecular formula is C23H24N2O4S. The SMILES string of the molecule is CCc1ccc(-c2nc(CC(=O)NCc3ccc(OC)c(C(=O)OC)c3)cs2)cc1. The number of nitrogens with zero attached hydrogens (tertiary/aromatic N) is 1. The minimum atomic E-state index is -0.484. The van der Waals surface area contributed by atoms with Crippen molar-refractivity contribution in [3.8, 4) is 16.3 Å². The predicted molar refractivity (Wildman–Crippen MR) is 117 cm³/mol. The number of carbonyl (C=O) groups is 2. The van der Waals surface area contributed by atoms with Crippen molar-refractivity contribution in [1.82, 2.24) is 10.3 Å². The van der Waals surface area contributed by atoms with E-state index in [-0.39, 0.29) is 12.3 Å². The summed E-state index contributed by atoms with van der Waals surface area (Å²) in [6, 6.07) is 13.5. The summed E-state index contributed by atoms with van der Waals surface area (Å²) in [5.41, 5.74) is 4.17. The van der Waals surface area contributed by atoms with Gasteiger partial charge in [0.15, 0.2) is 0 Å². The van der Waals surface area contributed by atoms with Crippen LogP contribution in [0.25, 0.3) is 10.6 Å². The Hall–Kier alpha value is -3.19. The number of rotatable bonds is 8. The summed E-state index contributed by atoms with van der Waals surface area (Å²) >= 11 is 1.53. The highest BCUT2D eigenvalue weighted by atomic mass is 32.1. The van der Waals surface area contributed by atoms with Gasteiger partial charge >= 0.3 is 5.97 Å². The lowest BCUT2D eigenvalue weighted by atomic mass is 10.1. The Labute approximate surface area is 179 Å². The lowest BCUT2D eigenvalue weighted by molar-refractivity contribution is -0.120. The fourth-order valence-electron chi connectivity index (χ4n) is 2.97. The molecule has 6 nitrogen and oxygen atoms in total. The molecule has 0 aliphatic heterocycles. The average Bonchev–Trinajstić information content (AvgIpc) is 3.25. The highest BCUT2D eigenvalue weighted by Crippen LogP contribution is 2.24. The minimum Gasteiger partial charge on any atom is -0.496 e. The van der Waals surface area contributed by atoms with E-state index in [1.807, 2.05) is 5.38 Å². The molecule has 1 aromatic heterocycles. The first-order chi connectivity index (χ1) is 14.5. The van der Waals surface area contributed by atoms with Crippen molar-refractivity contribution in [1.29, 1.82) is 0 Å². The lowest BCUT2D eigenvalue weighted by Crippen LogP contribution is -2.24. The average molecular weight is 425 g/mol. The largest absolute Gasteiger partial charge is 0.496 e. The number of benzene rings is 2. The van der Waals surface area contributed by atoms with Crippen LogP contribution in [-0.2, 0) is 28.9 Å². The number of thiazole rings is 1. The molecule has 156 valence electrons. The molecule has 0 aliphatic carbocycles. The Morgan fingerprint density at radius 3 is 2.47 bits per heavy atom. The molecule has 0 spiro atoms. The third-order valence-corrected chi connectivity index (χ3v) is 5.60. The quantitative estimate of drug-likeness (QED) is 0.553. The Kier molecular flexibility index (Phi) is 7.19. The Bertz CT molecular complexity index is 1030. The molecule has 3 aromatic rings. The standard InChI is InChI=1S/C23H24N2O4S/c1-4-15-5-8-17(9-6-15)22-25-18(14-30-22)12-21(26)24-13-16-7-10-20(28-2)19(11-16)23(27)29-3/h5-11,14H,4,12-13H2,1-3H3,(H,24,26). The van der Waals surface area contributed by atoms with Gasteiger partial charge in [0, 0.05) is 17.5 Å². The molecular weight excluding hydrogens is 400 g/mol. The third kappa shape index (κ3) is 5.24. The Morgan fingerprint density at radius 1 is 1.07 bits per heavy atom. The molecule has 0 atom stereocenters. The van der Waals surface area contributed by atoms with Crippen LogP contribution in [0.4, 0.5) is 0 Å². The lowest BCUT2D eigenvalue weighted by Gasteiger charge is -2.10. The molecule has 2 aromatic carbocycles. The van der Waals surface area contributed by atoms with Gasteiger partial charge in [-0.1, -0.05) is 37.3 Å². The second kappa shape index (κ2) is 10.0. The maximum Gasteiger partial charge on any atom is 0.341 e. The molecule has 0 saturated heterocycles. The first-order valence-corrected chi connectivity index (χ1v) is 10.5. The van der Waals surface area contributed by atoms with Crippen LogP contribution in [0.5, 0.6) is 5.75 Å². The van der Waals surface area contributed by atoms with E-state index in [1.54, 1.807) is 18.2 Å². The number of ether oxygens (including phenoxy) is 2. The van der Waals surface area contributed by atoms with E-state index in [1.165, 1.54) is 31.1 Å². The van der Waals surface area contributed by atoms with E-state index in [0.29, 0.717) is 17.9 Å². The monoisotopic (exact) mass is 424 g/mol. The van der Waals surface area contributed by atoms with Gasteiger partial charge in [-0.3, -0.25) is 4.79 Å². The maximum absolute atomic E-state index is 12.4. The second-order valence-corrected chi connectivity index (χ2v) is 7.53. The summed E-state index contributed by atoms with van der Waals surface area (Å²) in [7, 11) is 2.81. The fraction of sp³-hybridized carbons (Fsp3) is 0.261. The van der Waals surface area contributed by atoms with Crippen molar-refractivity contribution in [2.24, 2.45) is 0 Å². The number of aromatic nitrogens is 1. The molecule has 0 fully saturated rings. The van der Waals surface area contributed by atoms with E-state index in [0.717, 1.165) is 28.2 Å². The fourth-order valence-corrected chi connectivity index (χ4v) is 3.79. The van der Waals surface area contributed by atoms with Gasteiger partial charge in [0.1, 0.15) is 16.3 Å². The van der Waals surface area contributed by atoms with E-state index >= 15 is 0 Å². The number of hydrogen-bond donors (Lipinski definition) is 1. The second-order valence-electron chi connectivity index (χ2n) is 6.67. The van der Waals surface area contributed by atoms with Crippen molar-refractivity contribution in [3.05, 3.63) is 70.2 Å². The molecule has 0 unspecified atom stereocenters. The smallest absolute Gasteiger partial charge is 0.341 e. The summed E-state index contributed by atoms with van der Waals surface area (Å²) in [6.45, 7) is 2.42. The van der Waals surface area contributed by atoms with E-state index in [2.05, 4.69) is 41.5 Å². The Morgan fingerprint density at radius 2 is 1.80 bits per heavy atom. The van der Waals surface area contributed by atoms with Crippen LogP contribution in [0.1, 0.15) is 34.1 Å². The van der Waals surface area contributed by atoms with E-state index in [4.69, 9.17) is 9.47 Å². The van der Waals surface area contributed by atoms with Gasteiger partial charge in [0.2, 0.25) is 5.91 Å². The van der Waals surface area contributed by atoms with Crippen LogP contribution in [0.2, 0.25) is 0 Å². The van der Waals surface area contributed by atoms with Crippen molar-refractivity contribution < 1.29 is 19.1 Å². The number of aryl methyl sites for hydroxylation is 1. The van der Waals surface area contributed by atoms with E-state index < -0.39 is 5.97 Å². The molecule has 0 radical (unpaired) electrons. The number of hydrogen-bond acceptors (Lipinski definition) is 6. The third-order valence-electron chi connectivity index (χ3n) is 4.66. The zero-order valence-electron chi connectivity index (χ0n) is 17.2. The number of carbonyl (C=O) groups excluding carboxylic acids is 2. The van der Waals surface area contributed by atoms with Crippen LogP contribution < -0.4 is 10.1 Å². The number of methoxy groups -OCH3 is 2. The van der Waals surface area contributed by atoms with Gasteiger partial charge in [-0.05, 0) is 29.7 Å². The molecule has 30 heavy (non-hydrogen) atoms. The molecule has 0 saturated carbocycles. The van der Waals surface area contributed by atoms with Gasteiger partial charge in [0.05, 0.1) is 26.3 Å². The van der Waals surface area contributed by atoms with Crippen LogP contribution >= 0.6 is 11.3 Å². The number of esters is 1. The van der Waals surface area contributed by atoms with Crippen molar-refractivity contribution >= 4 is 23.2 Å². The first-order valence-electron chi connectivity index (χ1n) is 9.59. The first kappa shape index (κ1) is 21.5.